The van der Waals surface area contributed by atoms with Gasteiger partial charge in [0, 0.05) is 30.6 Å². The highest BCUT2D eigenvalue weighted by Crippen LogP contribution is 2.16. The molecule has 0 radical (unpaired) electrons. The number of hydrogen-bond donors (Lipinski definition) is 2. The number of carbonyl (C=O) groups is 1. The van der Waals surface area contributed by atoms with Crippen LogP contribution in [0.4, 0.5) is 5.69 Å². The first-order chi connectivity index (χ1) is 7.22. The second-order valence-corrected chi connectivity index (χ2v) is 4.02. The second-order valence-electron chi connectivity index (χ2n) is 3.14. The molecular formula is C11H16N2OS. The lowest BCUT2D eigenvalue weighted by atomic mass is 10.3. The molecule has 0 fully saturated rings. The van der Waals surface area contributed by atoms with Gasteiger partial charge >= 0.3 is 0 Å². The van der Waals surface area contributed by atoms with Crippen molar-refractivity contribution in [3.8, 4) is 0 Å². The number of hydrogen-bond acceptors (Lipinski definition) is 3. The normalized spacial score (nSPS) is 9.73. The molecule has 1 rings (SSSR count). The molecule has 0 bridgehead atoms. The van der Waals surface area contributed by atoms with Gasteiger partial charge < -0.3 is 10.6 Å². The minimum atomic E-state index is 0.00882. The molecule has 0 spiro atoms. The molecule has 1 aromatic rings. The first-order valence-electron chi connectivity index (χ1n) is 4.84. The molecule has 2 N–H and O–H groups in total. The van der Waals surface area contributed by atoms with Crippen LogP contribution in [0.15, 0.2) is 29.2 Å². The van der Waals surface area contributed by atoms with Gasteiger partial charge in [0.25, 0.3) is 0 Å². The maximum Gasteiger partial charge on any atom is 0.216 e. The van der Waals surface area contributed by atoms with Crippen molar-refractivity contribution in [2.45, 2.75) is 11.8 Å². The molecule has 4 heteroatoms. The summed E-state index contributed by atoms with van der Waals surface area (Å²) in [6.07, 6.45) is 2.05. The number of anilines is 1. The second kappa shape index (κ2) is 6.35. The maximum atomic E-state index is 10.6. The highest BCUT2D eigenvalue weighted by Gasteiger charge is 1.93. The van der Waals surface area contributed by atoms with Gasteiger partial charge in [0.1, 0.15) is 0 Å². The molecule has 0 saturated carbocycles. The Morgan fingerprint density at radius 2 is 1.93 bits per heavy atom. The lowest BCUT2D eigenvalue weighted by Crippen LogP contribution is -2.26. The SMILES string of the molecule is CSc1ccc(NCCNC(C)=O)cc1. The van der Waals surface area contributed by atoms with Crippen molar-refractivity contribution in [2.24, 2.45) is 0 Å². The molecule has 0 heterocycles. The van der Waals surface area contributed by atoms with Crippen LogP contribution in [-0.4, -0.2) is 25.3 Å². The lowest BCUT2D eigenvalue weighted by molar-refractivity contribution is -0.118. The van der Waals surface area contributed by atoms with Crippen LogP contribution in [0.2, 0.25) is 0 Å². The van der Waals surface area contributed by atoms with E-state index in [2.05, 4.69) is 29.0 Å². The Balaban J connectivity index is 2.28. The quantitative estimate of drug-likeness (QED) is 0.593. The van der Waals surface area contributed by atoms with E-state index in [0.717, 1.165) is 12.2 Å². The third-order valence-electron chi connectivity index (χ3n) is 1.92. The molecule has 0 atom stereocenters. The molecule has 1 amide bonds. The van der Waals surface area contributed by atoms with Gasteiger partial charge in [0.2, 0.25) is 5.91 Å². The highest BCUT2D eigenvalue weighted by atomic mass is 32.2. The summed E-state index contributed by atoms with van der Waals surface area (Å²) in [4.78, 5) is 11.8. The molecule has 0 aromatic heterocycles. The van der Waals surface area contributed by atoms with Crippen molar-refractivity contribution in [3.63, 3.8) is 0 Å². The van der Waals surface area contributed by atoms with Crippen molar-refractivity contribution in [1.82, 2.24) is 5.32 Å². The molecule has 15 heavy (non-hydrogen) atoms. The van der Waals surface area contributed by atoms with Gasteiger partial charge in [-0.3, -0.25) is 4.79 Å². The van der Waals surface area contributed by atoms with Crippen LogP contribution in [0, 0.1) is 0 Å². The molecule has 0 unspecified atom stereocenters. The molecule has 0 aliphatic heterocycles. The first kappa shape index (κ1) is 11.9. The van der Waals surface area contributed by atoms with Gasteiger partial charge in [-0.15, -0.1) is 11.8 Å². The summed E-state index contributed by atoms with van der Waals surface area (Å²) in [5, 5.41) is 5.96. The number of rotatable bonds is 5. The standard InChI is InChI=1S/C11H16N2OS/c1-9(14)12-7-8-13-10-3-5-11(15-2)6-4-10/h3-6,13H,7-8H2,1-2H3,(H,12,14). The zero-order valence-electron chi connectivity index (χ0n) is 9.04. The zero-order chi connectivity index (χ0) is 11.1. The predicted molar refractivity (Wildman–Crippen MR) is 65.4 cm³/mol. The molecule has 82 valence electrons. The average molecular weight is 224 g/mol. The monoisotopic (exact) mass is 224 g/mol. The number of thioether (sulfide) groups is 1. The Bertz CT molecular complexity index is 311. The van der Waals surface area contributed by atoms with E-state index in [0.29, 0.717) is 6.54 Å². The van der Waals surface area contributed by atoms with E-state index in [4.69, 9.17) is 0 Å². The molecule has 1 aromatic carbocycles. The van der Waals surface area contributed by atoms with E-state index < -0.39 is 0 Å². The topological polar surface area (TPSA) is 41.1 Å². The summed E-state index contributed by atoms with van der Waals surface area (Å²) >= 11 is 1.72. The van der Waals surface area contributed by atoms with E-state index in [1.165, 1.54) is 11.8 Å². The third kappa shape index (κ3) is 4.74. The van der Waals surface area contributed by atoms with Crippen LogP contribution in [-0.2, 0) is 4.79 Å². The smallest absolute Gasteiger partial charge is 0.216 e. The van der Waals surface area contributed by atoms with Crippen LogP contribution in [0.1, 0.15) is 6.92 Å². The Labute approximate surface area is 94.6 Å². The van der Waals surface area contributed by atoms with Crippen molar-refractivity contribution >= 4 is 23.4 Å². The van der Waals surface area contributed by atoms with Crippen LogP contribution < -0.4 is 10.6 Å². The Kier molecular flexibility index (Phi) is 5.04. The zero-order valence-corrected chi connectivity index (χ0v) is 9.86. The van der Waals surface area contributed by atoms with Crippen molar-refractivity contribution in [2.75, 3.05) is 24.7 Å². The van der Waals surface area contributed by atoms with Crippen molar-refractivity contribution < 1.29 is 4.79 Å². The van der Waals surface area contributed by atoms with Crippen molar-refractivity contribution in [3.05, 3.63) is 24.3 Å². The summed E-state index contributed by atoms with van der Waals surface area (Å²) in [7, 11) is 0. The molecule has 0 aliphatic rings. The average Bonchev–Trinajstić information content (AvgIpc) is 2.25. The minimum Gasteiger partial charge on any atom is -0.383 e. The number of nitrogens with one attached hydrogen (secondary N) is 2. The third-order valence-corrected chi connectivity index (χ3v) is 2.66. The van der Waals surface area contributed by atoms with Crippen LogP contribution in [0.5, 0.6) is 0 Å². The summed E-state index contributed by atoms with van der Waals surface area (Å²) < 4.78 is 0. The van der Waals surface area contributed by atoms with Crippen LogP contribution in [0.25, 0.3) is 0 Å². The van der Waals surface area contributed by atoms with E-state index in [-0.39, 0.29) is 5.91 Å². The van der Waals surface area contributed by atoms with E-state index in [9.17, 15) is 4.79 Å². The Morgan fingerprint density at radius 1 is 1.27 bits per heavy atom. The summed E-state index contributed by atoms with van der Waals surface area (Å²) in [6.45, 7) is 2.92. The van der Waals surface area contributed by atoms with Gasteiger partial charge in [-0.05, 0) is 30.5 Å². The molecule has 0 aliphatic carbocycles. The van der Waals surface area contributed by atoms with Gasteiger partial charge in [-0.25, -0.2) is 0 Å². The van der Waals surface area contributed by atoms with E-state index >= 15 is 0 Å². The fourth-order valence-corrected chi connectivity index (χ4v) is 1.56. The number of carbonyl (C=O) groups excluding carboxylic acids is 1. The van der Waals surface area contributed by atoms with Gasteiger partial charge in [0.05, 0.1) is 0 Å². The van der Waals surface area contributed by atoms with E-state index in [1.54, 1.807) is 11.8 Å². The molecule has 3 nitrogen and oxygen atoms in total. The lowest BCUT2D eigenvalue weighted by Gasteiger charge is -2.07. The molecule has 0 saturated heterocycles. The fraction of sp³-hybridized carbons (Fsp3) is 0.364. The Morgan fingerprint density at radius 3 is 2.47 bits per heavy atom. The summed E-state index contributed by atoms with van der Waals surface area (Å²) in [5.41, 5.74) is 1.08. The largest absolute Gasteiger partial charge is 0.383 e. The van der Waals surface area contributed by atoms with Gasteiger partial charge in [-0.1, -0.05) is 0 Å². The first-order valence-corrected chi connectivity index (χ1v) is 6.07. The summed E-state index contributed by atoms with van der Waals surface area (Å²) in [5.74, 6) is 0.00882. The highest BCUT2D eigenvalue weighted by molar-refractivity contribution is 7.98. The Hall–Kier alpha value is -1.16. The predicted octanol–water partition coefficient (Wildman–Crippen LogP) is 1.96. The van der Waals surface area contributed by atoms with E-state index in [1.807, 2.05) is 12.1 Å². The van der Waals surface area contributed by atoms with Crippen LogP contribution >= 0.6 is 11.8 Å². The van der Waals surface area contributed by atoms with Crippen LogP contribution in [0.3, 0.4) is 0 Å². The number of benzene rings is 1. The van der Waals surface area contributed by atoms with Gasteiger partial charge in [-0.2, -0.15) is 0 Å². The van der Waals surface area contributed by atoms with Gasteiger partial charge in [0.15, 0.2) is 0 Å². The number of amides is 1. The maximum absolute atomic E-state index is 10.6. The fourth-order valence-electron chi connectivity index (χ4n) is 1.15. The van der Waals surface area contributed by atoms with Crippen molar-refractivity contribution in [1.29, 1.82) is 0 Å². The minimum absolute atomic E-state index is 0.00882. The molecular weight excluding hydrogens is 208 g/mol. The summed E-state index contributed by atoms with van der Waals surface area (Å²) in [6, 6.07) is 8.23.